The molecule has 0 fully saturated rings. The molecule has 0 unspecified atom stereocenters. The fourth-order valence-corrected chi connectivity index (χ4v) is 10.6. The summed E-state index contributed by atoms with van der Waals surface area (Å²) in [4.78, 5) is 19.5. The maximum absolute atomic E-state index is 8.37. The van der Waals surface area contributed by atoms with E-state index < -0.39 is 0 Å². The second-order valence-corrected chi connectivity index (χ2v) is 18.4. The van der Waals surface area contributed by atoms with Crippen LogP contribution in [0, 0.1) is 20.4 Å². The van der Waals surface area contributed by atoms with Gasteiger partial charge < -0.3 is 9.13 Å². The summed E-state index contributed by atoms with van der Waals surface area (Å²) in [6, 6.07) is 80.9. The highest BCUT2D eigenvalue weighted by molar-refractivity contribution is 6.13. The Hall–Kier alpha value is -9.70. The standard InChI is InChI=1S/C66H44N6/c1-42-18-10-12-24-50(42)46-31-35-60-55(38-46)52-26-14-16-28-58(52)71(60)62-37-33-49(67-3)41-57(62)54-34-30-48(66-69-64(44-20-6-4-7-21-44)68-65(70-66)45-22-8-5-9-23-45)40-63(54)72-59-29-17-15-27-53(59)56-39-47(32-36-61(56)72)51-25-13-11-19-43(51)2/h4-41H,1-2H3. The largest absolute Gasteiger partial charge is 0.309 e. The van der Waals surface area contributed by atoms with E-state index in [1.165, 1.54) is 27.8 Å². The number of aromatic nitrogens is 5. The highest BCUT2D eigenvalue weighted by Gasteiger charge is 2.23. The van der Waals surface area contributed by atoms with Crippen molar-refractivity contribution in [1.82, 2.24) is 24.1 Å². The number of benzene rings is 10. The Morgan fingerprint density at radius 2 is 0.764 bits per heavy atom. The molecule has 10 aromatic carbocycles. The maximum atomic E-state index is 8.37. The first-order chi connectivity index (χ1) is 35.5. The third kappa shape index (κ3) is 7.14. The van der Waals surface area contributed by atoms with Gasteiger partial charge in [-0.25, -0.2) is 19.8 Å². The monoisotopic (exact) mass is 920 g/mol. The third-order valence-corrected chi connectivity index (χ3v) is 14.1. The number of hydrogen-bond acceptors (Lipinski definition) is 3. The zero-order valence-electron chi connectivity index (χ0n) is 39.6. The van der Waals surface area contributed by atoms with Crippen LogP contribution in [0.2, 0.25) is 0 Å². The Balaban J connectivity index is 1.11. The molecule has 0 radical (unpaired) electrons. The first kappa shape index (κ1) is 42.4. The minimum Gasteiger partial charge on any atom is -0.309 e. The normalized spacial score (nSPS) is 11.5. The van der Waals surface area contributed by atoms with Crippen molar-refractivity contribution in [2.24, 2.45) is 0 Å². The van der Waals surface area contributed by atoms with E-state index in [2.05, 4.69) is 192 Å². The minimum atomic E-state index is 0.550. The molecule has 0 spiro atoms. The van der Waals surface area contributed by atoms with Gasteiger partial charge in [0.2, 0.25) is 0 Å². The Morgan fingerprint density at radius 1 is 0.319 bits per heavy atom. The van der Waals surface area contributed by atoms with Crippen LogP contribution in [0.25, 0.3) is 127 Å². The Bertz CT molecular complexity index is 4250. The van der Waals surface area contributed by atoms with E-state index in [4.69, 9.17) is 21.5 Å². The Kier molecular flexibility index (Phi) is 10.2. The van der Waals surface area contributed by atoms with Crippen molar-refractivity contribution in [2.75, 3.05) is 0 Å². The highest BCUT2D eigenvalue weighted by Crippen LogP contribution is 2.44. The van der Waals surface area contributed by atoms with E-state index in [1.54, 1.807) is 0 Å². The summed E-state index contributed by atoms with van der Waals surface area (Å²) >= 11 is 0. The van der Waals surface area contributed by atoms with Crippen molar-refractivity contribution < 1.29 is 0 Å². The zero-order chi connectivity index (χ0) is 48.3. The first-order valence-electron chi connectivity index (χ1n) is 24.2. The lowest BCUT2D eigenvalue weighted by atomic mass is 9.97. The Morgan fingerprint density at radius 3 is 1.29 bits per heavy atom. The van der Waals surface area contributed by atoms with Gasteiger partial charge in [0.15, 0.2) is 23.2 Å². The molecule has 0 amide bonds. The molecule has 72 heavy (non-hydrogen) atoms. The molecular weight excluding hydrogens is 877 g/mol. The molecule has 3 aromatic heterocycles. The summed E-state index contributed by atoms with van der Waals surface area (Å²) in [5.74, 6) is 1.74. The average molecular weight is 921 g/mol. The molecule has 6 heteroatoms. The lowest BCUT2D eigenvalue weighted by Crippen LogP contribution is -2.04. The number of aryl methyl sites for hydroxylation is 2. The molecule has 0 aliphatic heterocycles. The van der Waals surface area contributed by atoms with Crippen LogP contribution in [0.4, 0.5) is 5.69 Å². The topological polar surface area (TPSA) is 52.9 Å². The van der Waals surface area contributed by atoms with Gasteiger partial charge in [0.05, 0.1) is 40.0 Å². The van der Waals surface area contributed by atoms with Crippen LogP contribution in [0.5, 0.6) is 0 Å². The molecular formula is C66H44N6. The minimum absolute atomic E-state index is 0.550. The summed E-state index contributed by atoms with van der Waals surface area (Å²) in [6.45, 7) is 12.7. The lowest BCUT2D eigenvalue weighted by Gasteiger charge is -2.20. The maximum Gasteiger partial charge on any atom is 0.188 e. The number of para-hydroxylation sites is 2. The van der Waals surface area contributed by atoms with Gasteiger partial charge in [0.25, 0.3) is 0 Å². The van der Waals surface area contributed by atoms with Crippen LogP contribution in [-0.2, 0) is 0 Å². The van der Waals surface area contributed by atoms with E-state index >= 15 is 0 Å². The van der Waals surface area contributed by atoms with Crippen LogP contribution in [0.3, 0.4) is 0 Å². The van der Waals surface area contributed by atoms with Crippen molar-refractivity contribution in [3.05, 3.63) is 253 Å². The van der Waals surface area contributed by atoms with Gasteiger partial charge in [-0.1, -0.05) is 176 Å². The van der Waals surface area contributed by atoms with Crippen LogP contribution in [-0.4, -0.2) is 24.1 Å². The van der Waals surface area contributed by atoms with Gasteiger partial charge in [0.1, 0.15) is 0 Å². The fourth-order valence-electron chi connectivity index (χ4n) is 10.6. The van der Waals surface area contributed by atoms with E-state index in [-0.39, 0.29) is 0 Å². The van der Waals surface area contributed by atoms with Crippen molar-refractivity contribution >= 4 is 49.3 Å². The first-order valence-corrected chi connectivity index (χ1v) is 24.2. The number of rotatable bonds is 8. The van der Waals surface area contributed by atoms with Crippen molar-refractivity contribution in [1.29, 1.82) is 0 Å². The highest BCUT2D eigenvalue weighted by atomic mass is 15.0. The van der Waals surface area contributed by atoms with Crippen LogP contribution in [0.1, 0.15) is 11.1 Å². The van der Waals surface area contributed by atoms with Crippen LogP contribution in [0.15, 0.2) is 231 Å². The molecule has 0 atom stereocenters. The molecule has 0 saturated carbocycles. The van der Waals surface area contributed by atoms with Crippen LogP contribution < -0.4 is 0 Å². The predicted molar refractivity (Wildman–Crippen MR) is 297 cm³/mol. The molecule has 0 aliphatic rings. The fraction of sp³-hybridized carbons (Fsp3) is 0.0303. The number of nitrogens with zero attached hydrogens (tertiary/aromatic N) is 6. The second kappa shape index (κ2) is 17.4. The van der Waals surface area contributed by atoms with Crippen molar-refractivity contribution in [3.63, 3.8) is 0 Å². The summed E-state index contributed by atoms with van der Waals surface area (Å²) in [7, 11) is 0. The molecule has 0 bridgehead atoms. The number of hydrogen-bond donors (Lipinski definition) is 0. The van der Waals surface area contributed by atoms with Crippen molar-refractivity contribution in [2.45, 2.75) is 13.8 Å². The SMILES string of the molecule is [C-]#[N+]c1ccc(-n2c3ccccc3c3cc(-c4ccccc4C)ccc32)c(-c2ccc(-c3nc(-c4ccccc4)nc(-c4ccccc4)n3)cc2-n2c3ccccc3c3cc(-c4ccccc4C)ccc32)c1. The summed E-state index contributed by atoms with van der Waals surface area (Å²) in [6.07, 6.45) is 0. The quantitative estimate of drug-likeness (QED) is 0.143. The van der Waals surface area contributed by atoms with Gasteiger partial charge >= 0.3 is 0 Å². The van der Waals surface area contributed by atoms with E-state index in [1.807, 2.05) is 66.7 Å². The van der Waals surface area contributed by atoms with E-state index in [9.17, 15) is 0 Å². The molecule has 0 N–H and O–H groups in total. The van der Waals surface area contributed by atoms with E-state index in [0.717, 1.165) is 88.4 Å². The lowest BCUT2D eigenvalue weighted by molar-refractivity contribution is 1.07. The molecule has 3 heterocycles. The molecule has 0 aliphatic carbocycles. The van der Waals surface area contributed by atoms with Gasteiger partial charge in [-0.3, -0.25) is 0 Å². The average Bonchev–Trinajstić information content (AvgIpc) is 3.95. The Labute approximate surface area is 417 Å². The summed E-state index contributed by atoms with van der Waals surface area (Å²) in [5.41, 5.74) is 18.4. The molecule has 6 nitrogen and oxygen atoms in total. The van der Waals surface area contributed by atoms with Gasteiger partial charge in [-0.2, -0.15) is 0 Å². The third-order valence-electron chi connectivity index (χ3n) is 14.1. The zero-order valence-corrected chi connectivity index (χ0v) is 39.6. The number of fused-ring (bicyclic) bond motifs is 6. The summed E-state index contributed by atoms with van der Waals surface area (Å²) in [5, 5.41) is 4.60. The van der Waals surface area contributed by atoms with Gasteiger partial charge in [-0.05, 0) is 107 Å². The van der Waals surface area contributed by atoms with Gasteiger partial charge in [0, 0.05) is 43.8 Å². The van der Waals surface area contributed by atoms with E-state index in [0.29, 0.717) is 23.2 Å². The molecule has 338 valence electrons. The van der Waals surface area contributed by atoms with Gasteiger partial charge in [-0.15, -0.1) is 0 Å². The second-order valence-electron chi connectivity index (χ2n) is 18.4. The molecule has 13 rings (SSSR count). The molecule has 0 saturated heterocycles. The smallest absolute Gasteiger partial charge is 0.188 e. The summed E-state index contributed by atoms with van der Waals surface area (Å²) < 4.78 is 4.76. The molecule has 13 aromatic rings. The van der Waals surface area contributed by atoms with Crippen LogP contribution >= 0.6 is 0 Å². The van der Waals surface area contributed by atoms with Crippen molar-refractivity contribution in [3.8, 4) is 78.9 Å². The predicted octanol–water partition coefficient (Wildman–Crippen LogP) is 17.2.